The minimum atomic E-state index is 0.0240. The largest absolute Gasteiger partial charge is 0.490 e. The quantitative estimate of drug-likeness (QED) is 0.534. The molecule has 4 heteroatoms. The Balaban J connectivity index is 1.86. The molecular weight excluding hydrogens is 326 g/mol. The summed E-state index contributed by atoms with van der Waals surface area (Å²) >= 11 is 0. The molecule has 0 bridgehead atoms. The highest BCUT2D eigenvalue weighted by molar-refractivity contribution is 6.23. The topological polar surface area (TPSA) is 38.8 Å². The number of hydrogen-bond donors (Lipinski definition) is 0. The van der Waals surface area contributed by atoms with Crippen LogP contribution in [0.15, 0.2) is 36.4 Å². The number of carbonyl (C=O) groups is 1. The average molecular weight is 353 g/mol. The molecule has 4 nitrogen and oxygen atoms in total. The number of rotatable bonds is 9. The van der Waals surface area contributed by atoms with Crippen LogP contribution in [0.5, 0.6) is 11.5 Å². The van der Waals surface area contributed by atoms with Crippen LogP contribution in [0.3, 0.4) is 0 Å². The first kappa shape index (κ1) is 18.5. The molecule has 0 saturated heterocycles. The van der Waals surface area contributed by atoms with Crippen LogP contribution in [0.4, 0.5) is 0 Å². The molecule has 3 rings (SSSR count). The highest BCUT2D eigenvalue weighted by Gasteiger charge is 2.31. The zero-order valence-corrected chi connectivity index (χ0v) is 15.9. The zero-order valence-electron chi connectivity index (χ0n) is 15.9. The summed E-state index contributed by atoms with van der Waals surface area (Å²) in [5.74, 6) is 1.26. The third-order valence-corrected chi connectivity index (χ3v) is 4.87. The highest BCUT2D eigenvalue weighted by atomic mass is 16.5. The monoisotopic (exact) mass is 353 g/mol. The van der Waals surface area contributed by atoms with E-state index in [0.717, 1.165) is 42.7 Å². The SMILES string of the molecule is CCOc1ccc2c(c1OCCCN(CC)CC)C(=O)c1ccccc1-2. The molecule has 2 aromatic rings. The van der Waals surface area contributed by atoms with Gasteiger partial charge in [0.05, 0.1) is 18.8 Å². The fourth-order valence-electron chi connectivity index (χ4n) is 3.48. The fourth-order valence-corrected chi connectivity index (χ4v) is 3.48. The van der Waals surface area contributed by atoms with Gasteiger partial charge in [0.1, 0.15) is 0 Å². The molecule has 0 atom stereocenters. The molecule has 2 aromatic carbocycles. The first-order valence-electron chi connectivity index (χ1n) is 9.50. The number of ether oxygens (including phenoxy) is 2. The zero-order chi connectivity index (χ0) is 18.5. The van der Waals surface area contributed by atoms with Crippen molar-refractivity contribution in [3.63, 3.8) is 0 Å². The predicted molar refractivity (Wildman–Crippen MR) is 104 cm³/mol. The van der Waals surface area contributed by atoms with Gasteiger partial charge in [-0.2, -0.15) is 0 Å². The summed E-state index contributed by atoms with van der Waals surface area (Å²) in [6.07, 6.45) is 0.915. The lowest BCUT2D eigenvalue weighted by atomic mass is 10.0. The van der Waals surface area contributed by atoms with Crippen LogP contribution in [-0.2, 0) is 0 Å². The maximum Gasteiger partial charge on any atom is 0.198 e. The van der Waals surface area contributed by atoms with E-state index in [1.165, 1.54) is 0 Å². The first-order valence-corrected chi connectivity index (χ1v) is 9.50. The second kappa shape index (κ2) is 8.37. The molecular formula is C22H27NO3. The van der Waals surface area contributed by atoms with Crippen molar-refractivity contribution in [3.05, 3.63) is 47.5 Å². The minimum Gasteiger partial charge on any atom is -0.490 e. The van der Waals surface area contributed by atoms with Gasteiger partial charge >= 0.3 is 0 Å². The predicted octanol–water partition coefficient (Wildman–Crippen LogP) is 4.41. The van der Waals surface area contributed by atoms with Crippen LogP contribution in [0, 0.1) is 0 Å². The normalized spacial score (nSPS) is 12.2. The van der Waals surface area contributed by atoms with E-state index in [4.69, 9.17) is 9.47 Å². The van der Waals surface area contributed by atoms with Gasteiger partial charge in [-0.05, 0) is 49.7 Å². The maximum atomic E-state index is 13.0. The van der Waals surface area contributed by atoms with E-state index in [9.17, 15) is 4.79 Å². The summed E-state index contributed by atoms with van der Waals surface area (Å²) in [7, 11) is 0. The third-order valence-electron chi connectivity index (χ3n) is 4.87. The Morgan fingerprint density at radius 2 is 1.62 bits per heavy atom. The summed E-state index contributed by atoms with van der Waals surface area (Å²) in [6, 6.07) is 11.6. The van der Waals surface area contributed by atoms with Crippen LogP contribution in [0.2, 0.25) is 0 Å². The molecule has 0 fully saturated rings. The summed E-state index contributed by atoms with van der Waals surface area (Å²) in [6.45, 7) is 10.4. The molecule has 0 spiro atoms. The molecule has 0 radical (unpaired) electrons. The number of benzene rings is 2. The molecule has 0 aliphatic heterocycles. The van der Waals surface area contributed by atoms with Crippen molar-refractivity contribution in [3.8, 4) is 22.6 Å². The van der Waals surface area contributed by atoms with Gasteiger partial charge in [-0.1, -0.05) is 38.1 Å². The van der Waals surface area contributed by atoms with Gasteiger partial charge in [-0.15, -0.1) is 0 Å². The Kier molecular flexibility index (Phi) is 5.94. The van der Waals surface area contributed by atoms with Crippen molar-refractivity contribution in [2.45, 2.75) is 27.2 Å². The van der Waals surface area contributed by atoms with Gasteiger partial charge in [0.15, 0.2) is 17.3 Å². The van der Waals surface area contributed by atoms with Crippen LogP contribution in [-0.4, -0.2) is 43.5 Å². The molecule has 0 N–H and O–H groups in total. The van der Waals surface area contributed by atoms with E-state index in [1.807, 2.05) is 43.3 Å². The maximum absolute atomic E-state index is 13.0. The van der Waals surface area contributed by atoms with E-state index in [0.29, 0.717) is 30.3 Å². The lowest BCUT2D eigenvalue weighted by Gasteiger charge is -2.19. The highest BCUT2D eigenvalue weighted by Crippen LogP contribution is 2.45. The first-order chi connectivity index (χ1) is 12.7. The van der Waals surface area contributed by atoms with Crippen molar-refractivity contribution in [2.24, 2.45) is 0 Å². The van der Waals surface area contributed by atoms with Gasteiger partial charge in [0.2, 0.25) is 0 Å². The van der Waals surface area contributed by atoms with Crippen LogP contribution >= 0.6 is 0 Å². The van der Waals surface area contributed by atoms with E-state index in [2.05, 4.69) is 18.7 Å². The lowest BCUT2D eigenvalue weighted by Crippen LogP contribution is -2.25. The molecule has 0 saturated carbocycles. The smallest absolute Gasteiger partial charge is 0.198 e. The second-order valence-electron chi connectivity index (χ2n) is 6.35. The van der Waals surface area contributed by atoms with E-state index < -0.39 is 0 Å². The van der Waals surface area contributed by atoms with Crippen molar-refractivity contribution in [2.75, 3.05) is 32.8 Å². The van der Waals surface area contributed by atoms with E-state index in [-0.39, 0.29) is 5.78 Å². The van der Waals surface area contributed by atoms with Gasteiger partial charge in [-0.25, -0.2) is 0 Å². The average Bonchev–Trinajstić information content (AvgIpc) is 2.96. The molecule has 26 heavy (non-hydrogen) atoms. The molecule has 1 aliphatic rings. The number of carbonyl (C=O) groups excluding carboxylic acids is 1. The summed E-state index contributed by atoms with van der Waals surface area (Å²) in [4.78, 5) is 15.3. The number of fused-ring (bicyclic) bond motifs is 3. The third kappa shape index (κ3) is 3.47. The molecule has 0 heterocycles. The molecule has 1 aliphatic carbocycles. The summed E-state index contributed by atoms with van der Waals surface area (Å²) in [5, 5.41) is 0. The Labute approximate surface area is 155 Å². The van der Waals surface area contributed by atoms with Crippen molar-refractivity contribution in [1.29, 1.82) is 0 Å². The Hall–Kier alpha value is -2.33. The lowest BCUT2D eigenvalue weighted by molar-refractivity contribution is 0.103. The van der Waals surface area contributed by atoms with Gasteiger partial charge in [-0.3, -0.25) is 4.79 Å². The summed E-state index contributed by atoms with van der Waals surface area (Å²) in [5.41, 5.74) is 3.29. The van der Waals surface area contributed by atoms with Crippen molar-refractivity contribution >= 4 is 5.78 Å². The molecule has 0 amide bonds. The van der Waals surface area contributed by atoms with Crippen LogP contribution < -0.4 is 9.47 Å². The van der Waals surface area contributed by atoms with Gasteiger partial charge in [0, 0.05) is 12.1 Å². The Bertz CT molecular complexity index is 781. The van der Waals surface area contributed by atoms with Gasteiger partial charge < -0.3 is 14.4 Å². The second-order valence-corrected chi connectivity index (χ2v) is 6.35. The fraction of sp³-hybridized carbons (Fsp3) is 0.409. The van der Waals surface area contributed by atoms with E-state index >= 15 is 0 Å². The summed E-state index contributed by atoms with van der Waals surface area (Å²) < 4.78 is 11.8. The molecule has 0 aromatic heterocycles. The minimum absolute atomic E-state index is 0.0240. The van der Waals surface area contributed by atoms with Crippen molar-refractivity contribution < 1.29 is 14.3 Å². The van der Waals surface area contributed by atoms with Gasteiger partial charge in [0.25, 0.3) is 0 Å². The number of nitrogens with zero attached hydrogens (tertiary/aromatic N) is 1. The Morgan fingerprint density at radius 3 is 2.31 bits per heavy atom. The van der Waals surface area contributed by atoms with Crippen molar-refractivity contribution in [1.82, 2.24) is 4.90 Å². The number of ketones is 1. The molecule has 138 valence electrons. The van der Waals surface area contributed by atoms with Crippen LogP contribution in [0.1, 0.15) is 43.1 Å². The van der Waals surface area contributed by atoms with Crippen LogP contribution in [0.25, 0.3) is 11.1 Å². The standard InChI is InChI=1S/C22H27NO3/c1-4-23(5-2)14-9-15-26-22-19(25-6-3)13-12-17-16-10-7-8-11-18(16)21(24)20(17)22/h7-8,10-13H,4-6,9,14-15H2,1-3H3. The number of hydrogen-bond acceptors (Lipinski definition) is 4. The Morgan fingerprint density at radius 1 is 0.885 bits per heavy atom. The van der Waals surface area contributed by atoms with E-state index in [1.54, 1.807) is 0 Å². The molecule has 0 unspecified atom stereocenters.